The van der Waals surface area contributed by atoms with Crippen molar-refractivity contribution in [1.29, 1.82) is 0 Å². The number of ether oxygens (including phenoxy) is 1. The van der Waals surface area contributed by atoms with Gasteiger partial charge in [-0.05, 0) is 40.8 Å². The number of sulfonamides is 1. The van der Waals surface area contributed by atoms with Crippen LogP contribution < -0.4 is 10.2 Å². The number of carbonyl (C=O) groups excluding carboxylic acids is 1. The zero-order valence-corrected chi connectivity index (χ0v) is 24.9. The molecule has 0 radical (unpaired) electrons. The number of hydrogen-bond acceptors (Lipinski definition) is 6. The van der Waals surface area contributed by atoms with E-state index < -0.39 is 27.4 Å². The maximum atomic E-state index is 13.2. The van der Waals surface area contributed by atoms with Crippen molar-refractivity contribution in [3.05, 3.63) is 144 Å². The molecule has 42 heavy (non-hydrogen) atoms. The summed E-state index contributed by atoms with van der Waals surface area (Å²) in [6, 6.07) is 38.0. The van der Waals surface area contributed by atoms with E-state index in [1.54, 1.807) is 0 Å². The van der Waals surface area contributed by atoms with Gasteiger partial charge in [-0.25, -0.2) is 13.2 Å². The number of aryl methyl sites for hydroxylation is 1. The van der Waals surface area contributed by atoms with Crippen molar-refractivity contribution in [2.75, 3.05) is 11.5 Å². The van der Waals surface area contributed by atoms with Gasteiger partial charge in [0.15, 0.2) is 0 Å². The fourth-order valence-corrected chi connectivity index (χ4v) is 7.29. The monoisotopic (exact) mass is 604 g/mol. The van der Waals surface area contributed by atoms with Crippen molar-refractivity contribution >= 4 is 27.9 Å². The number of amides is 1. The van der Waals surface area contributed by atoms with Crippen LogP contribution in [0.3, 0.4) is 0 Å². The smallest absolute Gasteiger partial charge is 0.407 e. The lowest BCUT2D eigenvalue weighted by Gasteiger charge is -2.28. The van der Waals surface area contributed by atoms with Crippen molar-refractivity contribution in [3.8, 4) is 0 Å². The molecule has 0 spiro atoms. The average Bonchev–Trinajstić information content (AvgIpc) is 3.01. The molecule has 1 unspecified atom stereocenters. The van der Waals surface area contributed by atoms with Gasteiger partial charge in [-0.2, -0.15) is 11.8 Å². The average molecular weight is 605 g/mol. The molecule has 0 aliphatic heterocycles. The standard InChI is InChI=1S/C33H36N2O5S2/c36-33(39-24-29-17-9-3-10-18-29)34-31(23-28-15-7-2-8-16-28)32(41-22-21-27-13-5-1-6-14-27)26-42(37,38)35-40-25-30-19-11-4-12-20-30/h1-20,31-32,35H,21-26H2,(H,34,36)/t31-,32?/m0/s1. The van der Waals surface area contributed by atoms with Gasteiger partial charge in [0.2, 0.25) is 10.0 Å². The maximum absolute atomic E-state index is 13.2. The van der Waals surface area contributed by atoms with Crippen LogP contribution in [0.25, 0.3) is 0 Å². The number of rotatable bonds is 16. The second-order valence-corrected chi connectivity index (χ2v) is 12.9. The van der Waals surface area contributed by atoms with E-state index in [-0.39, 0.29) is 19.0 Å². The van der Waals surface area contributed by atoms with Crippen molar-refractivity contribution in [2.45, 2.75) is 37.3 Å². The number of carbonyl (C=O) groups is 1. The number of hydrogen-bond donors (Lipinski definition) is 2. The van der Waals surface area contributed by atoms with Crippen LogP contribution in [0.1, 0.15) is 22.3 Å². The molecule has 0 aliphatic carbocycles. The fraction of sp³-hybridized carbons (Fsp3) is 0.242. The molecule has 4 rings (SSSR count). The zero-order chi connectivity index (χ0) is 29.5. The third-order valence-corrected chi connectivity index (χ3v) is 9.22. The van der Waals surface area contributed by atoms with Gasteiger partial charge < -0.3 is 10.1 Å². The van der Waals surface area contributed by atoms with E-state index in [1.165, 1.54) is 11.8 Å². The third kappa shape index (κ3) is 11.3. The van der Waals surface area contributed by atoms with Gasteiger partial charge in [0.05, 0.1) is 12.4 Å². The minimum absolute atomic E-state index is 0.101. The summed E-state index contributed by atoms with van der Waals surface area (Å²) >= 11 is 1.51. The number of alkyl carbamates (subject to hydrolysis) is 1. The molecule has 0 aromatic heterocycles. The number of thioether (sulfide) groups is 1. The Balaban J connectivity index is 1.48. The highest BCUT2D eigenvalue weighted by Gasteiger charge is 2.30. The first kappa shape index (κ1) is 31.3. The molecule has 9 heteroatoms. The minimum atomic E-state index is -3.86. The van der Waals surface area contributed by atoms with E-state index in [1.807, 2.05) is 121 Å². The van der Waals surface area contributed by atoms with Crippen molar-refractivity contribution in [2.24, 2.45) is 0 Å². The molecule has 0 aliphatic rings. The molecule has 2 N–H and O–H groups in total. The van der Waals surface area contributed by atoms with Crippen molar-refractivity contribution in [3.63, 3.8) is 0 Å². The molecule has 0 saturated heterocycles. The summed E-state index contributed by atoms with van der Waals surface area (Å²) in [7, 11) is -3.86. The highest BCUT2D eigenvalue weighted by Crippen LogP contribution is 2.22. The SMILES string of the molecule is O=C(N[C@@H](Cc1ccccc1)C(CS(=O)(=O)NOCc1ccccc1)SCCc1ccccc1)OCc1ccccc1. The van der Waals surface area contributed by atoms with Gasteiger partial charge in [0.25, 0.3) is 0 Å². The van der Waals surface area contributed by atoms with Crippen LogP contribution in [0.15, 0.2) is 121 Å². The van der Waals surface area contributed by atoms with Gasteiger partial charge >= 0.3 is 6.09 Å². The van der Waals surface area contributed by atoms with E-state index in [9.17, 15) is 13.2 Å². The quantitative estimate of drug-likeness (QED) is 0.154. The Labute approximate surface area is 252 Å². The molecule has 4 aromatic rings. The summed E-state index contributed by atoms with van der Waals surface area (Å²) in [6.07, 6.45) is 0.598. The molecular formula is C33H36N2O5S2. The van der Waals surface area contributed by atoms with Crippen LogP contribution in [0.4, 0.5) is 4.79 Å². The van der Waals surface area contributed by atoms with E-state index in [0.29, 0.717) is 12.2 Å². The first-order chi connectivity index (χ1) is 20.5. The van der Waals surface area contributed by atoms with Crippen LogP contribution >= 0.6 is 11.8 Å². The molecule has 4 aromatic carbocycles. The van der Waals surface area contributed by atoms with Crippen LogP contribution in [0, 0.1) is 0 Å². The van der Waals surface area contributed by atoms with Crippen LogP contribution in [-0.4, -0.2) is 37.3 Å². The van der Waals surface area contributed by atoms with Crippen molar-refractivity contribution < 1.29 is 22.8 Å². The number of nitrogens with one attached hydrogen (secondary N) is 2. The van der Waals surface area contributed by atoms with Gasteiger partial charge in [0.1, 0.15) is 6.61 Å². The maximum Gasteiger partial charge on any atom is 0.407 e. The highest BCUT2D eigenvalue weighted by molar-refractivity contribution is 8.01. The topological polar surface area (TPSA) is 93.7 Å². The van der Waals surface area contributed by atoms with E-state index >= 15 is 0 Å². The zero-order valence-electron chi connectivity index (χ0n) is 23.3. The fourth-order valence-electron chi connectivity index (χ4n) is 4.34. The predicted molar refractivity (Wildman–Crippen MR) is 168 cm³/mol. The summed E-state index contributed by atoms with van der Waals surface area (Å²) in [4.78, 5) is 20.6. The van der Waals surface area contributed by atoms with Crippen LogP contribution in [0.5, 0.6) is 0 Å². The largest absolute Gasteiger partial charge is 0.445 e. The Morgan fingerprint density at radius 1 is 0.690 bits per heavy atom. The van der Waals surface area contributed by atoms with Crippen molar-refractivity contribution in [1.82, 2.24) is 10.2 Å². The van der Waals surface area contributed by atoms with E-state index in [4.69, 9.17) is 9.57 Å². The summed E-state index contributed by atoms with van der Waals surface area (Å²) < 4.78 is 32.0. The highest BCUT2D eigenvalue weighted by atomic mass is 32.2. The van der Waals surface area contributed by atoms with E-state index in [0.717, 1.165) is 28.7 Å². The third-order valence-electron chi connectivity index (χ3n) is 6.48. The molecular weight excluding hydrogens is 569 g/mol. The Morgan fingerprint density at radius 3 is 1.76 bits per heavy atom. The Hall–Kier alpha value is -3.63. The van der Waals surface area contributed by atoms with Gasteiger partial charge in [0, 0.05) is 11.3 Å². The molecule has 220 valence electrons. The summed E-state index contributed by atoms with van der Waals surface area (Å²) in [5.41, 5.74) is 3.85. The predicted octanol–water partition coefficient (Wildman–Crippen LogP) is 5.92. The first-order valence-corrected chi connectivity index (χ1v) is 16.5. The number of benzene rings is 4. The first-order valence-electron chi connectivity index (χ1n) is 13.8. The molecule has 0 fully saturated rings. The van der Waals surface area contributed by atoms with Crippen LogP contribution in [0.2, 0.25) is 0 Å². The van der Waals surface area contributed by atoms with E-state index in [2.05, 4.69) is 10.2 Å². The van der Waals surface area contributed by atoms with Crippen LogP contribution in [-0.2, 0) is 45.7 Å². The molecule has 0 saturated carbocycles. The molecule has 0 heterocycles. The summed E-state index contributed by atoms with van der Waals surface area (Å²) in [5, 5.41) is 2.48. The Kier molecular flexibility index (Phi) is 12.5. The normalized spacial score (nSPS) is 12.8. The Bertz CT molecular complexity index is 1440. The lowest BCUT2D eigenvalue weighted by atomic mass is 10.0. The minimum Gasteiger partial charge on any atom is -0.445 e. The molecule has 7 nitrogen and oxygen atoms in total. The molecule has 2 atom stereocenters. The second-order valence-electron chi connectivity index (χ2n) is 9.79. The van der Waals surface area contributed by atoms with Gasteiger partial charge in [-0.15, -0.1) is 0 Å². The lowest BCUT2D eigenvalue weighted by Crippen LogP contribution is -2.47. The molecule has 0 bridgehead atoms. The lowest BCUT2D eigenvalue weighted by molar-refractivity contribution is 0.0795. The second kappa shape index (κ2) is 16.7. The Morgan fingerprint density at radius 2 is 1.19 bits per heavy atom. The van der Waals surface area contributed by atoms with Gasteiger partial charge in [-0.1, -0.05) is 126 Å². The van der Waals surface area contributed by atoms with Gasteiger partial charge in [-0.3, -0.25) is 4.84 Å². The molecule has 1 amide bonds. The summed E-state index contributed by atoms with van der Waals surface area (Å²) in [6.45, 7) is 0.215. The summed E-state index contributed by atoms with van der Waals surface area (Å²) in [5.74, 6) is 0.415.